The Morgan fingerprint density at radius 3 is 2.22 bits per heavy atom. The van der Waals surface area contributed by atoms with Crippen LogP contribution in [0.1, 0.15) is 18.4 Å². The first kappa shape index (κ1) is 27.9. The van der Waals surface area contributed by atoms with Gasteiger partial charge in [-0.1, -0.05) is 42.5 Å². The van der Waals surface area contributed by atoms with Crippen molar-refractivity contribution in [2.45, 2.75) is 23.8 Å². The number of sulfone groups is 2. The number of hydrogen-bond donors (Lipinski definition) is 4. The molecule has 0 bridgehead atoms. The summed E-state index contributed by atoms with van der Waals surface area (Å²) in [5.74, 6) is -0.520. The van der Waals surface area contributed by atoms with Crippen molar-refractivity contribution in [3.8, 4) is 11.1 Å². The molecule has 0 aromatic heterocycles. The van der Waals surface area contributed by atoms with Crippen LogP contribution in [0, 0.1) is 5.41 Å². The number of carbonyl (C=O) groups is 1. The van der Waals surface area contributed by atoms with Crippen molar-refractivity contribution < 1.29 is 21.6 Å². The molecule has 3 aromatic carbocycles. The lowest BCUT2D eigenvalue weighted by atomic mass is 10.1. The quantitative estimate of drug-likeness (QED) is 0.214. The summed E-state index contributed by atoms with van der Waals surface area (Å²) in [6.45, 7) is 0. The third-order valence-electron chi connectivity index (χ3n) is 5.58. The number of amidine groups is 1. The standard InChI is InChI=1S/C26H30N4O5S2/c1-36(32,33)15-14-22(29-21-7-5-6-19(16-21)26(27)28)17-25(31)30-20-12-10-18(11-13-20)23-8-3-4-9-24(23)37(2,34)35/h3-13,16,22,29H,14-15,17H2,1-2H3,(H3,27,28)(H,30,31)/t22-/m1/s1. The van der Waals surface area contributed by atoms with Gasteiger partial charge in [-0.2, -0.15) is 0 Å². The molecule has 9 nitrogen and oxygen atoms in total. The number of benzene rings is 3. The molecule has 3 aromatic rings. The fraction of sp³-hybridized carbons (Fsp3) is 0.231. The molecule has 1 amide bonds. The van der Waals surface area contributed by atoms with Gasteiger partial charge in [0.25, 0.3) is 0 Å². The van der Waals surface area contributed by atoms with Crippen LogP contribution in [0.25, 0.3) is 11.1 Å². The lowest BCUT2D eigenvalue weighted by molar-refractivity contribution is -0.116. The highest BCUT2D eigenvalue weighted by Crippen LogP contribution is 2.28. The average molecular weight is 543 g/mol. The van der Waals surface area contributed by atoms with Crippen molar-refractivity contribution in [1.29, 1.82) is 5.41 Å². The Labute approximate surface area is 217 Å². The van der Waals surface area contributed by atoms with Crippen LogP contribution in [-0.2, 0) is 24.5 Å². The molecule has 196 valence electrons. The predicted molar refractivity (Wildman–Crippen MR) is 147 cm³/mol. The summed E-state index contributed by atoms with van der Waals surface area (Å²) in [5.41, 5.74) is 8.46. The van der Waals surface area contributed by atoms with Crippen molar-refractivity contribution in [3.05, 3.63) is 78.4 Å². The van der Waals surface area contributed by atoms with E-state index in [-0.39, 0.29) is 35.2 Å². The van der Waals surface area contributed by atoms with E-state index in [2.05, 4.69) is 10.6 Å². The van der Waals surface area contributed by atoms with Gasteiger partial charge in [-0.3, -0.25) is 10.2 Å². The fourth-order valence-corrected chi connectivity index (χ4v) is 5.41. The zero-order chi connectivity index (χ0) is 27.2. The highest BCUT2D eigenvalue weighted by Gasteiger charge is 2.18. The molecule has 37 heavy (non-hydrogen) atoms. The first-order valence-corrected chi connectivity index (χ1v) is 15.3. The largest absolute Gasteiger partial charge is 0.384 e. The monoisotopic (exact) mass is 542 g/mol. The van der Waals surface area contributed by atoms with Crippen LogP contribution in [0.4, 0.5) is 11.4 Å². The van der Waals surface area contributed by atoms with E-state index in [9.17, 15) is 21.6 Å². The highest BCUT2D eigenvalue weighted by molar-refractivity contribution is 7.91. The Bertz CT molecular complexity index is 1500. The van der Waals surface area contributed by atoms with Gasteiger partial charge in [-0.25, -0.2) is 16.8 Å². The van der Waals surface area contributed by atoms with Crippen LogP contribution in [-0.4, -0.2) is 52.9 Å². The summed E-state index contributed by atoms with van der Waals surface area (Å²) in [4.78, 5) is 13.0. The van der Waals surface area contributed by atoms with Crippen molar-refractivity contribution in [2.75, 3.05) is 28.9 Å². The Kier molecular flexibility index (Phi) is 8.72. The molecule has 0 aliphatic rings. The zero-order valence-corrected chi connectivity index (χ0v) is 22.2. The SMILES string of the molecule is CS(=O)(=O)CC[C@H](CC(=O)Nc1ccc(-c2ccccc2S(C)(=O)=O)cc1)Nc1cccc(C(=N)N)c1. The fourth-order valence-electron chi connectivity index (χ4n) is 3.79. The van der Waals surface area contributed by atoms with Crippen LogP contribution in [0.5, 0.6) is 0 Å². The maximum Gasteiger partial charge on any atom is 0.226 e. The Morgan fingerprint density at radius 2 is 1.59 bits per heavy atom. The maximum absolute atomic E-state index is 12.8. The Hall–Kier alpha value is -3.70. The molecule has 0 fully saturated rings. The van der Waals surface area contributed by atoms with Gasteiger partial charge in [0.1, 0.15) is 15.7 Å². The summed E-state index contributed by atoms with van der Waals surface area (Å²) in [7, 11) is -6.65. The van der Waals surface area contributed by atoms with Crippen LogP contribution < -0.4 is 16.4 Å². The molecule has 0 aliphatic heterocycles. The molecule has 3 rings (SSSR count). The molecule has 0 aliphatic carbocycles. The molecule has 0 unspecified atom stereocenters. The molecule has 11 heteroatoms. The van der Waals surface area contributed by atoms with Crippen LogP contribution in [0.3, 0.4) is 0 Å². The molecule has 0 radical (unpaired) electrons. The van der Waals surface area contributed by atoms with E-state index in [0.29, 0.717) is 28.1 Å². The first-order valence-electron chi connectivity index (χ1n) is 11.4. The molecule has 0 spiro atoms. The number of hydrogen-bond acceptors (Lipinski definition) is 7. The van der Waals surface area contributed by atoms with E-state index in [0.717, 1.165) is 12.5 Å². The van der Waals surface area contributed by atoms with E-state index in [4.69, 9.17) is 11.1 Å². The minimum Gasteiger partial charge on any atom is -0.384 e. The topological polar surface area (TPSA) is 159 Å². The summed E-state index contributed by atoms with van der Waals surface area (Å²) in [6, 6.07) is 19.9. The second kappa shape index (κ2) is 11.6. The number of nitrogens with two attached hydrogens (primary N) is 1. The van der Waals surface area contributed by atoms with Gasteiger partial charge in [0.05, 0.1) is 10.6 Å². The number of nitrogens with one attached hydrogen (secondary N) is 3. The van der Waals surface area contributed by atoms with Gasteiger partial charge >= 0.3 is 0 Å². The van der Waals surface area contributed by atoms with Gasteiger partial charge in [-0.15, -0.1) is 0 Å². The second-order valence-corrected chi connectivity index (χ2v) is 13.1. The summed E-state index contributed by atoms with van der Waals surface area (Å²) < 4.78 is 47.7. The maximum atomic E-state index is 12.8. The molecular formula is C26H30N4O5S2. The van der Waals surface area contributed by atoms with Crippen LogP contribution in [0.15, 0.2) is 77.7 Å². The smallest absolute Gasteiger partial charge is 0.226 e. The average Bonchev–Trinajstić information content (AvgIpc) is 2.82. The van der Waals surface area contributed by atoms with E-state index in [1.54, 1.807) is 72.8 Å². The van der Waals surface area contributed by atoms with Gasteiger partial charge in [0.2, 0.25) is 5.91 Å². The zero-order valence-electron chi connectivity index (χ0n) is 20.6. The minimum atomic E-state index is -3.41. The second-order valence-electron chi connectivity index (χ2n) is 8.85. The van der Waals surface area contributed by atoms with Crippen molar-refractivity contribution >= 4 is 42.8 Å². The lowest BCUT2D eigenvalue weighted by Crippen LogP contribution is -2.29. The van der Waals surface area contributed by atoms with E-state index < -0.39 is 25.7 Å². The van der Waals surface area contributed by atoms with E-state index in [1.165, 1.54) is 0 Å². The van der Waals surface area contributed by atoms with Gasteiger partial charge in [0.15, 0.2) is 9.84 Å². The summed E-state index contributed by atoms with van der Waals surface area (Å²) in [6.07, 6.45) is 2.51. The van der Waals surface area contributed by atoms with E-state index >= 15 is 0 Å². The van der Waals surface area contributed by atoms with Gasteiger partial charge in [0, 0.05) is 47.5 Å². The number of rotatable bonds is 11. The number of carbonyl (C=O) groups excluding carboxylic acids is 1. The Morgan fingerprint density at radius 1 is 0.919 bits per heavy atom. The molecule has 1 atom stereocenters. The summed E-state index contributed by atoms with van der Waals surface area (Å²) in [5, 5.41) is 13.6. The molecular weight excluding hydrogens is 512 g/mol. The van der Waals surface area contributed by atoms with E-state index in [1.807, 2.05) is 0 Å². The summed E-state index contributed by atoms with van der Waals surface area (Å²) >= 11 is 0. The van der Waals surface area contributed by atoms with Crippen molar-refractivity contribution in [3.63, 3.8) is 0 Å². The minimum absolute atomic E-state index is 0.00151. The van der Waals surface area contributed by atoms with Crippen LogP contribution >= 0.6 is 0 Å². The Balaban J connectivity index is 1.73. The third-order valence-corrected chi connectivity index (χ3v) is 7.71. The number of amides is 1. The first-order chi connectivity index (χ1) is 17.3. The molecule has 0 heterocycles. The predicted octanol–water partition coefficient (Wildman–Crippen LogP) is 3.29. The van der Waals surface area contributed by atoms with Gasteiger partial charge in [-0.05, 0) is 42.3 Å². The number of nitrogen functional groups attached to an aromatic ring is 1. The van der Waals surface area contributed by atoms with Gasteiger partial charge < -0.3 is 16.4 Å². The van der Waals surface area contributed by atoms with Crippen molar-refractivity contribution in [1.82, 2.24) is 0 Å². The molecule has 0 saturated carbocycles. The normalized spacial score (nSPS) is 12.5. The third kappa shape index (κ3) is 8.43. The van der Waals surface area contributed by atoms with Crippen LogP contribution in [0.2, 0.25) is 0 Å². The number of anilines is 2. The van der Waals surface area contributed by atoms with Crippen molar-refractivity contribution in [2.24, 2.45) is 5.73 Å². The molecule has 5 N–H and O–H groups in total. The molecule has 0 saturated heterocycles. The highest BCUT2D eigenvalue weighted by atomic mass is 32.2. The lowest BCUT2D eigenvalue weighted by Gasteiger charge is -2.20.